The molecule has 0 fully saturated rings. The summed E-state index contributed by atoms with van der Waals surface area (Å²) in [5.74, 6) is 1.76. The van der Waals surface area contributed by atoms with E-state index < -0.39 is 0 Å². The Hall–Kier alpha value is -0.790. The Morgan fingerprint density at radius 1 is 1.38 bits per heavy atom. The van der Waals surface area contributed by atoms with E-state index in [2.05, 4.69) is 36.5 Å². The van der Waals surface area contributed by atoms with Crippen LogP contribution in [0, 0.1) is 0 Å². The van der Waals surface area contributed by atoms with E-state index in [1.807, 2.05) is 6.20 Å². The summed E-state index contributed by atoms with van der Waals surface area (Å²) in [6, 6.07) is 0. The lowest BCUT2D eigenvalue weighted by Gasteiger charge is -2.09. The maximum Gasteiger partial charge on any atom is 0.111 e. The van der Waals surface area contributed by atoms with Crippen LogP contribution in [0.15, 0.2) is 12.4 Å². The second-order valence-electron chi connectivity index (χ2n) is 3.84. The minimum atomic E-state index is 0.539. The van der Waals surface area contributed by atoms with Gasteiger partial charge in [-0.3, -0.25) is 0 Å². The van der Waals surface area contributed by atoms with Crippen LogP contribution >= 0.6 is 0 Å². The van der Waals surface area contributed by atoms with Gasteiger partial charge in [-0.15, -0.1) is 0 Å². The van der Waals surface area contributed by atoms with Crippen molar-refractivity contribution >= 4 is 0 Å². The van der Waals surface area contributed by atoms with Gasteiger partial charge in [0.05, 0.1) is 0 Å². The number of imidazole rings is 1. The predicted octanol–water partition coefficient (Wildman–Crippen LogP) is 3.20. The highest BCUT2D eigenvalue weighted by molar-refractivity contribution is 4.97. The zero-order chi connectivity index (χ0) is 9.68. The van der Waals surface area contributed by atoms with Crippen molar-refractivity contribution in [2.75, 3.05) is 0 Å². The van der Waals surface area contributed by atoms with Crippen LogP contribution in [0.5, 0.6) is 0 Å². The van der Waals surface area contributed by atoms with Crippen LogP contribution in [0.4, 0.5) is 0 Å². The highest BCUT2D eigenvalue weighted by atomic mass is 15.1. The lowest BCUT2D eigenvalue weighted by atomic mass is 10.2. The van der Waals surface area contributed by atoms with Crippen LogP contribution < -0.4 is 0 Å². The summed E-state index contributed by atoms with van der Waals surface area (Å²) in [6.45, 7) is 7.75. The van der Waals surface area contributed by atoms with E-state index in [-0.39, 0.29) is 0 Å². The number of aromatic nitrogens is 2. The molecular formula is C11H20N2. The van der Waals surface area contributed by atoms with E-state index >= 15 is 0 Å². The van der Waals surface area contributed by atoms with Crippen molar-refractivity contribution in [3.8, 4) is 0 Å². The van der Waals surface area contributed by atoms with Crippen LogP contribution in [-0.4, -0.2) is 9.55 Å². The average Bonchev–Trinajstić information content (AvgIpc) is 2.53. The van der Waals surface area contributed by atoms with Crippen molar-refractivity contribution in [3.05, 3.63) is 18.2 Å². The minimum Gasteiger partial charge on any atom is -0.335 e. The monoisotopic (exact) mass is 180 g/mol. The molecule has 1 aromatic heterocycles. The Morgan fingerprint density at radius 3 is 2.77 bits per heavy atom. The van der Waals surface area contributed by atoms with Crippen LogP contribution in [0.2, 0.25) is 0 Å². The predicted molar refractivity (Wildman–Crippen MR) is 55.8 cm³/mol. The molecule has 0 aliphatic rings. The van der Waals surface area contributed by atoms with Crippen LogP contribution in [-0.2, 0) is 6.54 Å². The van der Waals surface area contributed by atoms with Crippen LogP contribution in [0.1, 0.15) is 51.8 Å². The Balaban J connectivity index is 2.50. The molecule has 74 valence electrons. The summed E-state index contributed by atoms with van der Waals surface area (Å²) in [6.07, 6.45) is 7.86. The van der Waals surface area contributed by atoms with E-state index in [9.17, 15) is 0 Å². The molecule has 0 bridgehead atoms. The van der Waals surface area contributed by atoms with E-state index in [1.54, 1.807) is 0 Å². The second-order valence-corrected chi connectivity index (χ2v) is 3.84. The number of aryl methyl sites for hydroxylation is 1. The molecule has 2 heteroatoms. The summed E-state index contributed by atoms with van der Waals surface area (Å²) in [7, 11) is 0. The van der Waals surface area contributed by atoms with E-state index in [4.69, 9.17) is 0 Å². The SMILES string of the molecule is CCCCCn1ccnc1C(C)C. The fraction of sp³-hybridized carbons (Fsp3) is 0.727. The van der Waals surface area contributed by atoms with Gasteiger partial charge in [0.1, 0.15) is 5.82 Å². The first-order chi connectivity index (χ1) is 6.25. The molecule has 1 aromatic rings. The first-order valence-corrected chi connectivity index (χ1v) is 5.26. The lowest BCUT2D eigenvalue weighted by Crippen LogP contribution is -2.04. The van der Waals surface area contributed by atoms with Gasteiger partial charge in [-0.05, 0) is 6.42 Å². The van der Waals surface area contributed by atoms with Crippen molar-refractivity contribution in [2.45, 2.75) is 52.5 Å². The van der Waals surface area contributed by atoms with Crippen LogP contribution in [0.25, 0.3) is 0 Å². The third-order valence-electron chi connectivity index (χ3n) is 2.27. The third-order valence-corrected chi connectivity index (χ3v) is 2.27. The van der Waals surface area contributed by atoms with Gasteiger partial charge in [0.2, 0.25) is 0 Å². The summed E-state index contributed by atoms with van der Waals surface area (Å²) in [5.41, 5.74) is 0. The topological polar surface area (TPSA) is 17.8 Å². The molecule has 2 nitrogen and oxygen atoms in total. The molecule has 13 heavy (non-hydrogen) atoms. The van der Waals surface area contributed by atoms with Crippen molar-refractivity contribution in [1.82, 2.24) is 9.55 Å². The minimum absolute atomic E-state index is 0.539. The number of rotatable bonds is 5. The summed E-state index contributed by atoms with van der Waals surface area (Å²) < 4.78 is 2.28. The van der Waals surface area contributed by atoms with Gasteiger partial charge in [0, 0.05) is 24.9 Å². The molecule has 0 aliphatic heterocycles. The van der Waals surface area contributed by atoms with Crippen molar-refractivity contribution in [1.29, 1.82) is 0 Å². The van der Waals surface area contributed by atoms with Crippen molar-refractivity contribution < 1.29 is 0 Å². The molecular weight excluding hydrogens is 160 g/mol. The Morgan fingerprint density at radius 2 is 2.15 bits per heavy atom. The zero-order valence-electron chi connectivity index (χ0n) is 8.95. The van der Waals surface area contributed by atoms with Crippen molar-refractivity contribution in [3.63, 3.8) is 0 Å². The van der Waals surface area contributed by atoms with Gasteiger partial charge in [0.25, 0.3) is 0 Å². The Kier molecular flexibility index (Phi) is 4.00. The van der Waals surface area contributed by atoms with Crippen LogP contribution in [0.3, 0.4) is 0 Å². The number of nitrogens with zero attached hydrogens (tertiary/aromatic N) is 2. The molecule has 1 rings (SSSR count). The molecule has 0 saturated carbocycles. The second kappa shape index (κ2) is 5.05. The Labute approximate surface area is 81.0 Å². The standard InChI is InChI=1S/C11H20N2/c1-4-5-6-8-13-9-7-12-11(13)10(2)3/h7,9-10H,4-6,8H2,1-3H3. The molecule has 0 N–H and O–H groups in total. The quantitative estimate of drug-likeness (QED) is 0.636. The maximum absolute atomic E-state index is 4.36. The third kappa shape index (κ3) is 2.87. The molecule has 0 spiro atoms. The van der Waals surface area contributed by atoms with E-state index in [1.165, 1.54) is 25.1 Å². The normalized spacial score (nSPS) is 11.1. The average molecular weight is 180 g/mol. The number of hydrogen-bond donors (Lipinski definition) is 0. The summed E-state index contributed by atoms with van der Waals surface area (Å²) >= 11 is 0. The first kappa shape index (κ1) is 10.3. The highest BCUT2D eigenvalue weighted by Crippen LogP contribution is 2.12. The summed E-state index contributed by atoms with van der Waals surface area (Å²) in [5, 5.41) is 0. The fourth-order valence-corrected chi connectivity index (χ4v) is 1.54. The molecule has 0 atom stereocenters. The Bertz CT molecular complexity index is 238. The van der Waals surface area contributed by atoms with Gasteiger partial charge in [-0.2, -0.15) is 0 Å². The molecule has 0 aliphatic carbocycles. The molecule has 1 heterocycles. The van der Waals surface area contributed by atoms with Gasteiger partial charge >= 0.3 is 0 Å². The highest BCUT2D eigenvalue weighted by Gasteiger charge is 2.05. The fourth-order valence-electron chi connectivity index (χ4n) is 1.54. The van der Waals surface area contributed by atoms with Gasteiger partial charge in [-0.1, -0.05) is 33.6 Å². The number of hydrogen-bond acceptors (Lipinski definition) is 1. The van der Waals surface area contributed by atoms with Gasteiger partial charge < -0.3 is 4.57 Å². The smallest absolute Gasteiger partial charge is 0.111 e. The van der Waals surface area contributed by atoms with E-state index in [0.717, 1.165) is 6.54 Å². The summed E-state index contributed by atoms with van der Waals surface area (Å²) in [4.78, 5) is 4.36. The van der Waals surface area contributed by atoms with Crippen molar-refractivity contribution in [2.24, 2.45) is 0 Å². The van der Waals surface area contributed by atoms with Gasteiger partial charge in [0.15, 0.2) is 0 Å². The number of unbranched alkanes of at least 4 members (excludes halogenated alkanes) is 2. The van der Waals surface area contributed by atoms with E-state index in [0.29, 0.717) is 5.92 Å². The molecule has 0 saturated heterocycles. The molecule has 0 amide bonds. The molecule has 0 aromatic carbocycles. The largest absolute Gasteiger partial charge is 0.335 e. The first-order valence-electron chi connectivity index (χ1n) is 5.26. The lowest BCUT2D eigenvalue weighted by molar-refractivity contribution is 0.565. The molecule has 0 radical (unpaired) electrons. The van der Waals surface area contributed by atoms with Gasteiger partial charge in [-0.25, -0.2) is 4.98 Å². The zero-order valence-corrected chi connectivity index (χ0v) is 8.95. The molecule has 0 unspecified atom stereocenters. The maximum atomic E-state index is 4.36.